The smallest absolute Gasteiger partial charge is 0.219 e. The molecule has 0 bridgehead atoms. The molecule has 1 heterocycles. The maximum atomic E-state index is 5.92. The largest absolute Gasteiger partial charge is 0.493 e. The van der Waals surface area contributed by atoms with Gasteiger partial charge in [0.05, 0.1) is 14.2 Å². The number of hydrogen-bond acceptors (Lipinski definition) is 5. The highest BCUT2D eigenvalue weighted by atomic mass is 127. The summed E-state index contributed by atoms with van der Waals surface area (Å²) in [5, 5.41) is 7.25. The van der Waals surface area contributed by atoms with Crippen LogP contribution in [-0.4, -0.2) is 32.2 Å². The van der Waals surface area contributed by atoms with Crippen LogP contribution in [0.15, 0.2) is 65.8 Å². The summed E-state index contributed by atoms with van der Waals surface area (Å²) in [6.45, 7) is 1.20. The second kappa shape index (κ2) is 13.0. The number of para-hydroxylation sites is 1. The van der Waals surface area contributed by atoms with Crippen molar-refractivity contribution in [3.05, 3.63) is 76.9 Å². The predicted molar refractivity (Wildman–Crippen MR) is 138 cm³/mol. The van der Waals surface area contributed by atoms with Crippen LogP contribution in [0.1, 0.15) is 11.1 Å². The first-order valence-corrected chi connectivity index (χ1v) is 10.0. The van der Waals surface area contributed by atoms with Crippen LogP contribution < -0.4 is 24.8 Å². The number of hydrogen-bond donors (Lipinski definition) is 2. The molecule has 2 N–H and O–H groups in total. The number of methoxy groups -OCH3 is 2. The average Bonchev–Trinajstić information content (AvgIpc) is 2.81. The van der Waals surface area contributed by atoms with Crippen LogP contribution in [0.25, 0.3) is 0 Å². The number of rotatable bonds is 8. The number of aromatic nitrogens is 1. The number of benzene rings is 2. The molecule has 0 aliphatic rings. The first kappa shape index (κ1) is 25.5. The number of ether oxygens (including phenoxy) is 3. The van der Waals surface area contributed by atoms with Crippen molar-refractivity contribution in [1.29, 1.82) is 0 Å². The van der Waals surface area contributed by atoms with Gasteiger partial charge in [-0.3, -0.25) is 4.99 Å². The molecule has 0 spiro atoms. The molecule has 0 saturated carbocycles. The topological polar surface area (TPSA) is 77.0 Å². The minimum absolute atomic E-state index is 0. The van der Waals surface area contributed by atoms with Crippen molar-refractivity contribution in [3.8, 4) is 23.1 Å². The summed E-state index contributed by atoms with van der Waals surface area (Å²) in [7, 11) is 4.89. The Morgan fingerprint density at radius 1 is 0.906 bits per heavy atom. The fourth-order valence-electron chi connectivity index (χ4n) is 2.79. The lowest BCUT2D eigenvalue weighted by Crippen LogP contribution is -2.36. The molecule has 1 aromatic heterocycles. The average molecular weight is 569 g/mol. The van der Waals surface area contributed by atoms with Gasteiger partial charge in [0.2, 0.25) is 11.6 Å². The number of nitrogens with zero attached hydrogens (tertiary/aromatic N) is 2. The van der Waals surface area contributed by atoms with Gasteiger partial charge in [-0.05, 0) is 35.4 Å². The SMILES string of the molecule is CN=C(NCc1ccc(Cl)cc1)NCc1ccc(Oc2c(OC)cccc2OC)nc1.I. The molecule has 2 aromatic carbocycles. The molecule has 0 amide bonds. The van der Waals surface area contributed by atoms with Crippen molar-refractivity contribution in [2.75, 3.05) is 21.3 Å². The minimum atomic E-state index is 0. The van der Waals surface area contributed by atoms with Crippen molar-refractivity contribution in [2.24, 2.45) is 4.99 Å². The highest BCUT2D eigenvalue weighted by Gasteiger charge is 2.13. The molecule has 0 radical (unpaired) electrons. The quantitative estimate of drug-likeness (QED) is 0.226. The summed E-state index contributed by atoms with van der Waals surface area (Å²) < 4.78 is 16.6. The maximum Gasteiger partial charge on any atom is 0.219 e. The Morgan fingerprint density at radius 3 is 2.03 bits per heavy atom. The van der Waals surface area contributed by atoms with Gasteiger partial charge in [-0.25, -0.2) is 4.98 Å². The van der Waals surface area contributed by atoms with Gasteiger partial charge in [0, 0.05) is 37.4 Å². The van der Waals surface area contributed by atoms with Crippen LogP contribution in [0.4, 0.5) is 0 Å². The third kappa shape index (κ3) is 7.16. The first-order valence-electron chi connectivity index (χ1n) is 9.65. The Balaban J connectivity index is 0.00000363. The molecular formula is C23H26ClIN4O3. The number of guanidine groups is 1. The monoisotopic (exact) mass is 568 g/mol. The summed E-state index contributed by atoms with van der Waals surface area (Å²) in [4.78, 5) is 8.63. The highest BCUT2D eigenvalue weighted by molar-refractivity contribution is 14.0. The molecule has 0 aliphatic heterocycles. The van der Waals surface area contributed by atoms with Crippen LogP contribution in [0.5, 0.6) is 23.1 Å². The zero-order valence-electron chi connectivity index (χ0n) is 18.1. The van der Waals surface area contributed by atoms with Gasteiger partial charge in [0.25, 0.3) is 0 Å². The molecule has 170 valence electrons. The third-order valence-electron chi connectivity index (χ3n) is 4.44. The van der Waals surface area contributed by atoms with Crippen molar-refractivity contribution in [2.45, 2.75) is 13.1 Å². The zero-order chi connectivity index (χ0) is 22.1. The van der Waals surface area contributed by atoms with Gasteiger partial charge in [0.1, 0.15) is 0 Å². The summed E-state index contributed by atoms with van der Waals surface area (Å²) in [6.07, 6.45) is 1.75. The van der Waals surface area contributed by atoms with E-state index in [4.69, 9.17) is 25.8 Å². The van der Waals surface area contributed by atoms with Gasteiger partial charge in [0.15, 0.2) is 17.5 Å². The van der Waals surface area contributed by atoms with Crippen LogP contribution in [0.2, 0.25) is 5.02 Å². The number of halogens is 2. The van der Waals surface area contributed by atoms with E-state index < -0.39 is 0 Å². The van der Waals surface area contributed by atoms with Gasteiger partial charge < -0.3 is 24.8 Å². The molecule has 0 saturated heterocycles. The number of nitrogens with one attached hydrogen (secondary N) is 2. The maximum absolute atomic E-state index is 5.92. The Kier molecular flexibility index (Phi) is 10.4. The van der Waals surface area contributed by atoms with Crippen LogP contribution in [0, 0.1) is 0 Å². The lowest BCUT2D eigenvalue weighted by molar-refractivity contribution is 0.342. The number of aliphatic imine (C=N–C) groups is 1. The molecule has 3 aromatic rings. The lowest BCUT2D eigenvalue weighted by atomic mass is 10.2. The van der Waals surface area contributed by atoms with Crippen LogP contribution in [-0.2, 0) is 13.1 Å². The van der Waals surface area contributed by atoms with E-state index in [0.717, 1.165) is 16.1 Å². The normalized spacial score (nSPS) is 10.7. The Bertz CT molecular complexity index is 993. The van der Waals surface area contributed by atoms with Gasteiger partial charge in [-0.1, -0.05) is 35.9 Å². The molecule has 3 rings (SSSR count). The molecule has 0 aliphatic carbocycles. The second-order valence-corrected chi connectivity index (χ2v) is 6.94. The van der Waals surface area contributed by atoms with E-state index in [1.54, 1.807) is 45.7 Å². The lowest BCUT2D eigenvalue weighted by Gasteiger charge is -2.14. The minimum Gasteiger partial charge on any atom is -0.493 e. The summed E-state index contributed by atoms with van der Waals surface area (Å²) >= 11 is 5.92. The Labute approximate surface area is 210 Å². The highest BCUT2D eigenvalue weighted by Crippen LogP contribution is 2.39. The van der Waals surface area contributed by atoms with Crippen molar-refractivity contribution in [1.82, 2.24) is 15.6 Å². The van der Waals surface area contributed by atoms with Crippen LogP contribution in [0.3, 0.4) is 0 Å². The molecule has 7 nitrogen and oxygen atoms in total. The standard InChI is InChI=1S/C23H25ClN4O3.HI/c1-25-23(27-13-16-7-10-18(24)11-8-16)28-15-17-9-12-21(26-14-17)31-22-19(29-2)5-4-6-20(22)30-3;/h4-12,14H,13,15H2,1-3H3,(H2,25,27,28);1H. The van der Waals surface area contributed by atoms with Gasteiger partial charge in [-0.2, -0.15) is 0 Å². The van der Waals surface area contributed by atoms with E-state index in [2.05, 4.69) is 20.6 Å². The molecule has 32 heavy (non-hydrogen) atoms. The molecular weight excluding hydrogens is 543 g/mol. The Morgan fingerprint density at radius 2 is 1.50 bits per heavy atom. The predicted octanol–water partition coefficient (Wildman–Crippen LogP) is 5.03. The third-order valence-corrected chi connectivity index (χ3v) is 4.70. The fraction of sp³-hybridized carbons (Fsp3) is 0.217. The fourth-order valence-corrected chi connectivity index (χ4v) is 2.92. The van der Waals surface area contributed by atoms with E-state index >= 15 is 0 Å². The van der Waals surface area contributed by atoms with Gasteiger partial charge >= 0.3 is 0 Å². The van der Waals surface area contributed by atoms with E-state index in [1.165, 1.54) is 0 Å². The van der Waals surface area contributed by atoms with Crippen molar-refractivity contribution < 1.29 is 14.2 Å². The van der Waals surface area contributed by atoms with Gasteiger partial charge in [-0.15, -0.1) is 24.0 Å². The Hall–Kier alpha value is -2.72. The van der Waals surface area contributed by atoms with Crippen LogP contribution >= 0.6 is 35.6 Å². The molecule has 0 fully saturated rings. The first-order chi connectivity index (χ1) is 15.1. The summed E-state index contributed by atoms with van der Waals surface area (Å²) in [5.74, 6) is 2.76. The van der Waals surface area contributed by atoms with E-state index in [-0.39, 0.29) is 24.0 Å². The van der Waals surface area contributed by atoms with E-state index in [9.17, 15) is 0 Å². The molecule has 9 heteroatoms. The molecule has 0 atom stereocenters. The zero-order valence-corrected chi connectivity index (χ0v) is 21.2. The van der Waals surface area contributed by atoms with E-state index in [0.29, 0.717) is 42.2 Å². The second-order valence-electron chi connectivity index (χ2n) is 6.50. The number of pyridine rings is 1. The summed E-state index contributed by atoms with van der Waals surface area (Å²) in [6, 6.07) is 16.9. The van der Waals surface area contributed by atoms with Crippen molar-refractivity contribution >= 4 is 41.5 Å². The van der Waals surface area contributed by atoms with E-state index in [1.807, 2.05) is 36.4 Å². The van der Waals surface area contributed by atoms with Crippen molar-refractivity contribution in [3.63, 3.8) is 0 Å². The summed E-state index contributed by atoms with van der Waals surface area (Å²) in [5.41, 5.74) is 2.09. The molecule has 0 unspecified atom stereocenters.